The Morgan fingerprint density at radius 2 is 1.61 bits per heavy atom. The Morgan fingerprint density at radius 1 is 0.972 bits per heavy atom. The van der Waals surface area contributed by atoms with Crippen molar-refractivity contribution >= 4 is 17.8 Å². The van der Waals surface area contributed by atoms with Gasteiger partial charge >= 0.3 is 0 Å². The summed E-state index contributed by atoms with van der Waals surface area (Å²) in [7, 11) is 0. The number of nitrogens with zero attached hydrogens (tertiary/aromatic N) is 1. The smallest absolute Gasteiger partial charge is 0.272 e. The van der Waals surface area contributed by atoms with E-state index in [-0.39, 0.29) is 5.69 Å². The molecule has 2 spiro atoms. The first-order chi connectivity index (χ1) is 17.5. The third kappa shape index (κ3) is 4.59. The number of hydrogen-bond acceptors (Lipinski definition) is 9. The van der Waals surface area contributed by atoms with Crippen LogP contribution in [0.1, 0.15) is 69.8 Å². The molecule has 1 unspecified atom stereocenters. The standard InChI is InChI=1S/C25H33N3O8/c29-22(27-26-15-16-8-7-9-17(14-16)28(30)31)20-18-19(34-24(33-18)10-3-1-4-11-24)21-23(32-20)36-25(35-21)12-5-2-6-13-25/h7-9,14-15,18-21,23,28,30H,1-6,10-13H2,(H,27,29)/b26-15+/t18-,19+,20+,21-,23-/m1/s1. The van der Waals surface area contributed by atoms with Crippen LogP contribution < -0.4 is 10.7 Å². The molecule has 6 rings (SSSR count). The number of rotatable bonds is 4. The van der Waals surface area contributed by atoms with Gasteiger partial charge in [0.1, 0.15) is 18.3 Å². The van der Waals surface area contributed by atoms with Crippen molar-refractivity contribution in [3.05, 3.63) is 35.0 Å². The largest absolute Gasteiger partial charge is 0.595 e. The second-order valence-corrected chi connectivity index (χ2v) is 10.4. The number of quaternary nitrogens is 1. The topological polar surface area (TPSA) is 135 Å². The predicted molar refractivity (Wildman–Crippen MR) is 124 cm³/mol. The van der Waals surface area contributed by atoms with Crippen molar-refractivity contribution in [1.82, 2.24) is 5.43 Å². The van der Waals surface area contributed by atoms with Gasteiger partial charge in [0.15, 0.2) is 29.7 Å². The molecule has 1 amide bonds. The summed E-state index contributed by atoms with van der Waals surface area (Å²) in [5.41, 5.74) is 3.22. The number of carbonyl (C=O) groups excluding carboxylic acids is 1. The van der Waals surface area contributed by atoms with Crippen molar-refractivity contribution in [3.63, 3.8) is 0 Å². The van der Waals surface area contributed by atoms with E-state index in [1.165, 1.54) is 18.3 Å². The molecule has 3 heterocycles. The maximum Gasteiger partial charge on any atom is 0.272 e. The molecule has 2 saturated carbocycles. The Bertz CT molecular complexity index is 991. The highest BCUT2D eigenvalue weighted by Gasteiger charge is 2.65. The van der Waals surface area contributed by atoms with E-state index in [4.69, 9.17) is 23.7 Å². The number of fused-ring (bicyclic) bond motifs is 3. The van der Waals surface area contributed by atoms with Crippen LogP contribution in [-0.4, -0.2) is 59.6 Å². The van der Waals surface area contributed by atoms with E-state index in [9.17, 15) is 15.2 Å². The SMILES string of the molecule is O=C(N/N=C/c1cccc([NH+]([O-])O)c1)[C@H]1O[C@@H]2OC3(CCCCC3)O[C@@H]2[C@H]2OC3(CCCCC3)O[C@H]21. The van der Waals surface area contributed by atoms with Gasteiger partial charge in [-0.3, -0.25) is 4.79 Å². The van der Waals surface area contributed by atoms with E-state index >= 15 is 0 Å². The van der Waals surface area contributed by atoms with Crippen molar-refractivity contribution in [2.75, 3.05) is 0 Å². The molecule has 6 atom stereocenters. The lowest BCUT2D eigenvalue weighted by Gasteiger charge is -2.36. The van der Waals surface area contributed by atoms with Gasteiger partial charge in [0.25, 0.3) is 5.91 Å². The van der Waals surface area contributed by atoms with Crippen LogP contribution in [0.4, 0.5) is 5.69 Å². The fraction of sp³-hybridized carbons (Fsp3) is 0.680. The summed E-state index contributed by atoms with van der Waals surface area (Å²) in [5, 5.41) is 23.4. The number of hydrazone groups is 1. The second-order valence-electron chi connectivity index (χ2n) is 10.4. The predicted octanol–water partition coefficient (Wildman–Crippen LogP) is 1.79. The molecule has 5 fully saturated rings. The molecular weight excluding hydrogens is 470 g/mol. The fourth-order valence-electron chi connectivity index (χ4n) is 6.15. The third-order valence-corrected chi connectivity index (χ3v) is 7.89. The van der Waals surface area contributed by atoms with Crippen LogP contribution in [0.25, 0.3) is 0 Å². The molecule has 0 aromatic heterocycles. The zero-order chi connectivity index (χ0) is 24.8. The molecule has 2 aliphatic carbocycles. The lowest BCUT2D eigenvalue weighted by molar-refractivity contribution is -0.991. The number of amides is 1. The molecule has 3 aliphatic heterocycles. The molecule has 1 aromatic rings. The van der Waals surface area contributed by atoms with Crippen LogP contribution in [0.3, 0.4) is 0 Å². The molecule has 196 valence electrons. The normalized spacial score (nSPS) is 35.6. The van der Waals surface area contributed by atoms with Gasteiger partial charge in [-0.15, -0.1) is 0 Å². The minimum Gasteiger partial charge on any atom is -0.595 e. The lowest BCUT2D eigenvalue weighted by atomic mass is 9.94. The van der Waals surface area contributed by atoms with E-state index in [2.05, 4.69) is 10.5 Å². The first-order valence-corrected chi connectivity index (χ1v) is 13.0. The van der Waals surface area contributed by atoms with Crippen LogP contribution in [0.15, 0.2) is 29.4 Å². The van der Waals surface area contributed by atoms with E-state index in [1.807, 2.05) is 0 Å². The van der Waals surface area contributed by atoms with Gasteiger partial charge in [0, 0.05) is 43.4 Å². The van der Waals surface area contributed by atoms with Crippen molar-refractivity contribution < 1.29 is 38.9 Å². The monoisotopic (exact) mass is 503 g/mol. The minimum atomic E-state index is -1.03. The van der Waals surface area contributed by atoms with Crippen molar-refractivity contribution in [1.29, 1.82) is 0 Å². The maximum absolute atomic E-state index is 13.3. The summed E-state index contributed by atoms with van der Waals surface area (Å²) in [6.45, 7) is 0. The molecular formula is C25H33N3O8. The summed E-state index contributed by atoms with van der Waals surface area (Å²) >= 11 is 0. The molecule has 5 aliphatic rings. The average Bonchev–Trinajstić information content (AvgIpc) is 3.42. The number of ether oxygens (including phenoxy) is 5. The zero-order valence-corrected chi connectivity index (χ0v) is 20.1. The number of nitrogens with one attached hydrogen (secondary N) is 2. The Labute approximate surface area is 209 Å². The Morgan fingerprint density at radius 3 is 2.31 bits per heavy atom. The maximum atomic E-state index is 13.3. The molecule has 11 nitrogen and oxygen atoms in total. The average molecular weight is 504 g/mol. The van der Waals surface area contributed by atoms with Gasteiger partial charge in [0.05, 0.1) is 6.21 Å². The summed E-state index contributed by atoms with van der Waals surface area (Å²) < 4.78 is 32.0. The first-order valence-electron chi connectivity index (χ1n) is 13.0. The molecule has 0 bridgehead atoms. The fourth-order valence-corrected chi connectivity index (χ4v) is 6.15. The van der Waals surface area contributed by atoms with Gasteiger partial charge in [-0.05, 0) is 25.7 Å². The third-order valence-electron chi connectivity index (χ3n) is 7.89. The second kappa shape index (κ2) is 9.73. The Balaban J connectivity index is 1.20. The zero-order valence-electron chi connectivity index (χ0n) is 20.1. The van der Waals surface area contributed by atoms with Crippen LogP contribution in [0, 0.1) is 5.21 Å². The molecule has 36 heavy (non-hydrogen) atoms. The Hall–Kier alpha value is -1.96. The highest BCUT2D eigenvalue weighted by molar-refractivity contribution is 5.85. The highest BCUT2D eigenvalue weighted by atomic mass is 16.9. The minimum absolute atomic E-state index is 0.138. The Kier molecular flexibility index (Phi) is 6.59. The molecule has 3 saturated heterocycles. The van der Waals surface area contributed by atoms with Crippen LogP contribution in [-0.2, 0) is 28.5 Å². The lowest BCUT2D eigenvalue weighted by Crippen LogP contribution is -2.99. The quantitative estimate of drug-likeness (QED) is 0.418. The molecule has 11 heteroatoms. The van der Waals surface area contributed by atoms with Gasteiger partial charge in [-0.2, -0.15) is 10.3 Å². The molecule has 0 radical (unpaired) electrons. The highest BCUT2D eigenvalue weighted by Crippen LogP contribution is 2.50. The van der Waals surface area contributed by atoms with Gasteiger partial charge in [0.2, 0.25) is 0 Å². The molecule has 3 N–H and O–H groups in total. The molecule has 1 aromatic carbocycles. The van der Waals surface area contributed by atoms with Crippen molar-refractivity contribution in [3.8, 4) is 0 Å². The van der Waals surface area contributed by atoms with E-state index < -0.39 is 53.4 Å². The van der Waals surface area contributed by atoms with Crippen molar-refractivity contribution in [2.24, 2.45) is 5.10 Å². The first kappa shape index (κ1) is 24.4. The summed E-state index contributed by atoms with van der Waals surface area (Å²) in [6.07, 6.45) is 7.60. The number of benzene rings is 1. The summed E-state index contributed by atoms with van der Waals surface area (Å²) in [6, 6.07) is 6.29. The summed E-state index contributed by atoms with van der Waals surface area (Å²) in [5.74, 6) is -1.89. The number of carbonyl (C=O) groups is 1. The van der Waals surface area contributed by atoms with Crippen molar-refractivity contribution in [2.45, 2.75) is 106 Å². The van der Waals surface area contributed by atoms with Crippen LogP contribution in [0.5, 0.6) is 0 Å². The van der Waals surface area contributed by atoms with E-state index in [0.29, 0.717) is 5.56 Å². The van der Waals surface area contributed by atoms with Crippen LogP contribution in [0.2, 0.25) is 0 Å². The number of hydrogen-bond donors (Lipinski definition) is 3. The van der Waals surface area contributed by atoms with E-state index in [1.54, 1.807) is 12.1 Å². The van der Waals surface area contributed by atoms with E-state index in [0.717, 1.165) is 64.2 Å². The van der Waals surface area contributed by atoms with Gasteiger partial charge in [-0.1, -0.05) is 25.0 Å². The van der Waals surface area contributed by atoms with Gasteiger partial charge < -0.3 is 28.9 Å². The summed E-state index contributed by atoms with van der Waals surface area (Å²) in [4.78, 5) is 13.3. The van der Waals surface area contributed by atoms with Gasteiger partial charge in [-0.25, -0.2) is 10.6 Å². The van der Waals surface area contributed by atoms with Crippen LogP contribution >= 0.6 is 0 Å².